The zero-order valence-corrected chi connectivity index (χ0v) is 4.84. The normalized spacial score (nSPS) is 26.2. The van der Waals surface area contributed by atoms with E-state index in [2.05, 4.69) is 0 Å². The second-order valence-electron chi connectivity index (χ2n) is 2.27. The van der Waals surface area contributed by atoms with E-state index >= 15 is 0 Å². The average Bonchev–Trinajstić information content (AvgIpc) is 1.77. The van der Waals surface area contributed by atoms with Gasteiger partial charge in [0.1, 0.15) is 0 Å². The molecular weight excluding hydrogens is 104 g/mol. The van der Waals surface area contributed by atoms with E-state index in [9.17, 15) is 5.21 Å². The van der Waals surface area contributed by atoms with Crippen molar-refractivity contribution >= 4 is 0 Å². The lowest BCUT2D eigenvalue weighted by Gasteiger charge is -2.22. The molecule has 1 rings (SSSR count). The second-order valence-corrected chi connectivity index (χ2v) is 2.27. The predicted molar refractivity (Wildman–Crippen MR) is 29.5 cm³/mol. The van der Waals surface area contributed by atoms with Crippen LogP contribution in [-0.2, 0) is 5.21 Å². The highest BCUT2D eigenvalue weighted by Crippen LogP contribution is 2.04. The van der Waals surface area contributed by atoms with Crippen molar-refractivity contribution < 1.29 is 5.21 Å². The van der Waals surface area contributed by atoms with Crippen molar-refractivity contribution in [3.63, 3.8) is 0 Å². The molecule has 1 saturated heterocycles. The molecule has 3 heteroatoms. The van der Waals surface area contributed by atoms with E-state index in [4.69, 9.17) is 5.73 Å². The minimum absolute atomic E-state index is 0.278. The highest BCUT2D eigenvalue weighted by atomic mass is 16.5. The second kappa shape index (κ2) is 2.44. The largest absolute Gasteiger partial charge is 0.328 e. The number of piperidine rings is 1. The fraction of sp³-hybridized carbons (Fsp3) is 1.00. The smallest absolute Gasteiger partial charge is 0.0286 e. The van der Waals surface area contributed by atoms with Gasteiger partial charge in [0.2, 0.25) is 0 Å². The van der Waals surface area contributed by atoms with Gasteiger partial charge in [-0.2, -0.15) is 5.06 Å². The minimum atomic E-state index is 0.278. The van der Waals surface area contributed by atoms with E-state index in [0.29, 0.717) is 13.1 Å². The van der Waals surface area contributed by atoms with Gasteiger partial charge in [0.25, 0.3) is 0 Å². The highest BCUT2D eigenvalue weighted by molar-refractivity contribution is 4.68. The zero-order chi connectivity index (χ0) is 5.98. The summed E-state index contributed by atoms with van der Waals surface area (Å²) < 4.78 is 0. The van der Waals surface area contributed by atoms with E-state index in [0.717, 1.165) is 17.9 Å². The lowest BCUT2D eigenvalue weighted by Crippen LogP contribution is -2.36. The third kappa shape index (κ3) is 1.43. The van der Waals surface area contributed by atoms with E-state index in [-0.39, 0.29) is 6.04 Å². The first-order chi connectivity index (χ1) is 3.79. The summed E-state index contributed by atoms with van der Waals surface area (Å²) in [5.74, 6) is 0. The van der Waals surface area contributed by atoms with Gasteiger partial charge in [-0.05, 0) is 12.8 Å². The fourth-order valence-corrected chi connectivity index (χ4v) is 0.876. The molecule has 0 spiro atoms. The molecule has 2 N–H and O–H groups in total. The summed E-state index contributed by atoms with van der Waals surface area (Å²) >= 11 is 0. The molecule has 0 aromatic carbocycles. The summed E-state index contributed by atoms with van der Waals surface area (Å²) in [7, 11) is 0. The number of nitrogens with zero attached hydrogens (tertiary/aromatic N) is 1. The molecule has 0 amide bonds. The Morgan fingerprint density at radius 2 is 1.88 bits per heavy atom. The van der Waals surface area contributed by atoms with E-state index in [1.165, 1.54) is 0 Å². The Morgan fingerprint density at radius 3 is 2.25 bits per heavy atom. The minimum Gasteiger partial charge on any atom is -0.328 e. The maximum Gasteiger partial charge on any atom is 0.0286 e. The quantitative estimate of drug-likeness (QED) is 0.473. The van der Waals surface area contributed by atoms with E-state index in [1.807, 2.05) is 0 Å². The number of hydrogen-bond acceptors (Lipinski definition) is 2. The summed E-state index contributed by atoms with van der Waals surface area (Å²) in [6.07, 6.45) is 1.73. The molecule has 0 saturated carbocycles. The van der Waals surface area contributed by atoms with Crippen LogP contribution in [0.2, 0.25) is 0 Å². The Kier molecular flexibility index (Phi) is 1.83. The molecule has 0 bridgehead atoms. The standard InChI is InChI=1S/C5H11N2O/c6-5-1-3-7(8)4-2-5/h5H,1-4,6H2. The third-order valence-electron chi connectivity index (χ3n) is 1.50. The summed E-state index contributed by atoms with van der Waals surface area (Å²) in [6, 6.07) is 0.278. The molecule has 0 aliphatic carbocycles. The molecule has 1 aliphatic heterocycles. The van der Waals surface area contributed by atoms with Gasteiger partial charge in [0.15, 0.2) is 0 Å². The Hall–Kier alpha value is -0.120. The zero-order valence-electron chi connectivity index (χ0n) is 4.84. The topological polar surface area (TPSA) is 49.2 Å². The van der Waals surface area contributed by atoms with E-state index in [1.54, 1.807) is 0 Å². The van der Waals surface area contributed by atoms with Crippen LogP contribution >= 0.6 is 0 Å². The van der Waals surface area contributed by atoms with E-state index < -0.39 is 0 Å². The predicted octanol–water partition coefficient (Wildman–Crippen LogP) is -0.245. The van der Waals surface area contributed by atoms with Gasteiger partial charge in [-0.1, -0.05) is 0 Å². The van der Waals surface area contributed by atoms with Crippen molar-refractivity contribution in [3.05, 3.63) is 0 Å². The van der Waals surface area contributed by atoms with Crippen molar-refractivity contribution in [3.8, 4) is 0 Å². The SMILES string of the molecule is NC1CCN([O])CC1. The van der Waals surface area contributed by atoms with Gasteiger partial charge < -0.3 is 5.73 Å². The molecule has 1 aliphatic rings. The van der Waals surface area contributed by atoms with Gasteiger partial charge in [0, 0.05) is 19.1 Å². The fourth-order valence-electron chi connectivity index (χ4n) is 0.876. The van der Waals surface area contributed by atoms with Crippen LogP contribution in [0.4, 0.5) is 0 Å². The van der Waals surface area contributed by atoms with Gasteiger partial charge in [-0.15, -0.1) is 5.21 Å². The lowest BCUT2D eigenvalue weighted by atomic mass is 10.1. The number of rotatable bonds is 0. The first kappa shape index (κ1) is 6.01. The van der Waals surface area contributed by atoms with Gasteiger partial charge in [0.05, 0.1) is 0 Å². The molecule has 3 nitrogen and oxygen atoms in total. The Bertz CT molecular complexity index is 58.8. The van der Waals surface area contributed by atoms with Gasteiger partial charge in [-0.25, -0.2) is 0 Å². The van der Waals surface area contributed by atoms with Crippen LogP contribution in [0.5, 0.6) is 0 Å². The van der Waals surface area contributed by atoms with Crippen LogP contribution in [0.1, 0.15) is 12.8 Å². The first-order valence-electron chi connectivity index (χ1n) is 2.96. The van der Waals surface area contributed by atoms with Crippen molar-refractivity contribution in [1.29, 1.82) is 0 Å². The molecule has 0 aromatic rings. The molecule has 1 heterocycles. The molecule has 0 atom stereocenters. The lowest BCUT2D eigenvalue weighted by molar-refractivity contribution is -0.168. The Labute approximate surface area is 49.0 Å². The molecule has 0 unspecified atom stereocenters. The third-order valence-corrected chi connectivity index (χ3v) is 1.50. The summed E-state index contributed by atoms with van der Waals surface area (Å²) in [4.78, 5) is 0. The number of hydrogen-bond donors (Lipinski definition) is 1. The van der Waals surface area contributed by atoms with Gasteiger partial charge in [-0.3, -0.25) is 0 Å². The van der Waals surface area contributed by atoms with Crippen molar-refractivity contribution in [2.75, 3.05) is 13.1 Å². The highest BCUT2D eigenvalue weighted by Gasteiger charge is 2.13. The molecule has 47 valence electrons. The van der Waals surface area contributed by atoms with Crippen LogP contribution in [0, 0.1) is 0 Å². The summed E-state index contributed by atoms with van der Waals surface area (Å²) in [5, 5.41) is 11.5. The van der Waals surface area contributed by atoms with Crippen LogP contribution in [0.25, 0.3) is 0 Å². The number of nitrogens with two attached hydrogens (primary N) is 1. The van der Waals surface area contributed by atoms with Crippen LogP contribution in [0.3, 0.4) is 0 Å². The van der Waals surface area contributed by atoms with Crippen molar-refractivity contribution in [2.45, 2.75) is 18.9 Å². The van der Waals surface area contributed by atoms with Crippen LogP contribution in [-0.4, -0.2) is 24.2 Å². The Morgan fingerprint density at radius 1 is 1.38 bits per heavy atom. The van der Waals surface area contributed by atoms with Gasteiger partial charge >= 0.3 is 0 Å². The van der Waals surface area contributed by atoms with Crippen molar-refractivity contribution in [2.24, 2.45) is 5.73 Å². The molecule has 8 heavy (non-hydrogen) atoms. The average molecular weight is 115 g/mol. The first-order valence-corrected chi connectivity index (χ1v) is 2.96. The maximum atomic E-state index is 10.5. The molecule has 1 fully saturated rings. The number of hydroxylamine groups is 2. The monoisotopic (exact) mass is 115 g/mol. The maximum absolute atomic E-state index is 10.5. The molecule has 0 aromatic heterocycles. The van der Waals surface area contributed by atoms with Crippen molar-refractivity contribution in [1.82, 2.24) is 5.06 Å². The van der Waals surface area contributed by atoms with Crippen LogP contribution in [0.15, 0.2) is 0 Å². The Balaban J connectivity index is 2.19. The summed E-state index contributed by atoms with van der Waals surface area (Å²) in [6.45, 7) is 1.25. The molecular formula is C5H11N2O. The molecule has 1 radical (unpaired) electrons. The summed E-state index contributed by atoms with van der Waals surface area (Å²) in [5.41, 5.74) is 5.53. The van der Waals surface area contributed by atoms with Crippen LogP contribution < -0.4 is 5.73 Å².